The van der Waals surface area contributed by atoms with Crippen molar-refractivity contribution >= 4 is 44.4 Å². The number of aromatic nitrogens is 2. The van der Waals surface area contributed by atoms with Crippen LogP contribution in [0.1, 0.15) is 25.3 Å². The highest BCUT2D eigenvalue weighted by Crippen LogP contribution is 2.34. The highest BCUT2D eigenvalue weighted by Gasteiger charge is 2.19. The van der Waals surface area contributed by atoms with Crippen LogP contribution in [-0.4, -0.2) is 35.9 Å². The Morgan fingerprint density at radius 2 is 2.21 bits per heavy atom. The minimum atomic E-state index is -0.311. The van der Waals surface area contributed by atoms with Gasteiger partial charge in [0.25, 0.3) is 0 Å². The van der Waals surface area contributed by atoms with Crippen LogP contribution >= 0.6 is 27.7 Å². The van der Waals surface area contributed by atoms with Crippen molar-refractivity contribution in [2.45, 2.75) is 31.3 Å². The van der Waals surface area contributed by atoms with Crippen LogP contribution < -0.4 is 10.6 Å². The first-order valence-electron chi connectivity index (χ1n) is 8.31. The molecule has 24 heavy (non-hydrogen) atoms. The van der Waals surface area contributed by atoms with Crippen molar-refractivity contribution in [2.24, 2.45) is 5.92 Å². The van der Waals surface area contributed by atoms with Gasteiger partial charge in [-0.25, -0.2) is 14.4 Å². The van der Waals surface area contributed by atoms with E-state index in [1.165, 1.54) is 11.8 Å². The SMILES string of the molecule is CCC1CCc2cc(Br)c(F)c3nc(SC)nc(c23)NCCNC1. The van der Waals surface area contributed by atoms with Crippen LogP contribution in [0.15, 0.2) is 15.7 Å². The van der Waals surface area contributed by atoms with Gasteiger partial charge in [0, 0.05) is 18.5 Å². The predicted octanol–water partition coefficient (Wildman–Crippen LogP) is 4.23. The molecular formula is C17H22BrFN4S. The number of aryl methyl sites for hydroxylation is 1. The van der Waals surface area contributed by atoms with Gasteiger partial charge in [0.05, 0.1) is 4.47 Å². The average molecular weight is 413 g/mol. The van der Waals surface area contributed by atoms with E-state index < -0.39 is 0 Å². The highest BCUT2D eigenvalue weighted by molar-refractivity contribution is 9.10. The van der Waals surface area contributed by atoms with Crippen LogP contribution in [0.2, 0.25) is 0 Å². The zero-order chi connectivity index (χ0) is 17.1. The molecule has 0 radical (unpaired) electrons. The van der Waals surface area contributed by atoms with Crippen LogP contribution in [-0.2, 0) is 6.42 Å². The zero-order valence-electron chi connectivity index (χ0n) is 14.0. The molecule has 2 heterocycles. The lowest BCUT2D eigenvalue weighted by Gasteiger charge is -2.16. The van der Waals surface area contributed by atoms with Gasteiger partial charge in [-0.1, -0.05) is 25.1 Å². The molecule has 1 unspecified atom stereocenters. The Morgan fingerprint density at radius 1 is 1.38 bits per heavy atom. The summed E-state index contributed by atoms with van der Waals surface area (Å²) in [5, 5.41) is 8.28. The lowest BCUT2D eigenvalue weighted by molar-refractivity contribution is 0.438. The van der Waals surface area contributed by atoms with Gasteiger partial charge in [0.15, 0.2) is 11.0 Å². The average Bonchev–Trinajstić information content (AvgIpc) is 2.63. The van der Waals surface area contributed by atoms with Gasteiger partial charge < -0.3 is 10.6 Å². The van der Waals surface area contributed by atoms with E-state index in [0.717, 1.165) is 55.7 Å². The van der Waals surface area contributed by atoms with E-state index in [0.29, 0.717) is 21.1 Å². The molecule has 4 nitrogen and oxygen atoms in total. The summed E-state index contributed by atoms with van der Waals surface area (Å²) in [6.45, 7) is 4.86. The Hall–Kier alpha value is -0.920. The third-order valence-electron chi connectivity index (χ3n) is 4.54. The van der Waals surface area contributed by atoms with Gasteiger partial charge in [-0.2, -0.15) is 0 Å². The molecule has 1 aliphatic heterocycles. The first kappa shape index (κ1) is 17.9. The summed E-state index contributed by atoms with van der Waals surface area (Å²) in [6, 6.07) is 1.89. The van der Waals surface area contributed by atoms with E-state index in [2.05, 4.69) is 43.5 Å². The number of rotatable bonds is 2. The zero-order valence-corrected chi connectivity index (χ0v) is 16.4. The molecule has 1 aliphatic rings. The fourth-order valence-corrected chi connectivity index (χ4v) is 3.94. The second-order valence-electron chi connectivity index (χ2n) is 6.06. The summed E-state index contributed by atoms with van der Waals surface area (Å²) in [7, 11) is 0. The van der Waals surface area contributed by atoms with E-state index in [1.807, 2.05) is 12.3 Å². The number of thioether (sulfide) groups is 1. The smallest absolute Gasteiger partial charge is 0.189 e. The van der Waals surface area contributed by atoms with Crippen molar-refractivity contribution in [3.8, 4) is 0 Å². The van der Waals surface area contributed by atoms with Gasteiger partial charge >= 0.3 is 0 Å². The molecule has 0 bridgehead atoms. The third kappa shape index (κ3) is 3.68. The van der Waals surface area contributed by atoms with Crippen molar-refractivity contribution in [3.63, 3.8) is 0 Å². The number of nitrogens with zero attached hydrogens (tertiary/aromatic N) is 2. The lowest BCUT2D eigenvalue weighted by atomic mass is 9.95. The van der Waals surface area contributed by atoms with Crippen LogP contribution in [0.25, 0.3) is 10.9 Å². The molecule has 0 saturated heterocycles. The molecule has 0 fully saturated rings. The van der Waals surface area contributed by atoms with Gasteiger partial charge in [-0.05, 0) is 59.1 Å². The summed E-state index contributed by atoms with van der Waals surface area (Å²) < 4.78 is 15.2. The summed E-state index contributed by atoms with van der Waals surface area (Å²) in [4.78, 5) is 9.03. The minimum Gasteiger partial charge on any atom is -0.368 e. The number of halogens is 2. The molecule has 7 heteroatoms. The standard InChI is InChI=1S/C17H22BrFN4S/c1-3-10-4-5-11-8-12(18)14(19)15-13(11)16(21-7-6-20-9-10)23-17(22-15)24-2/h8,10,20H,3-7,9H2,1-2H3,(H,21,22,23). The molecule has 130 valence electrons. The molecule has 1 aromatic heterocycles. The fourth-order valence-electron chi connectivity index (χ4n) is 3.11. The molecule has 0 saturated carbocycles. The predicted molar refractivity (Wildman–Crippen MR) is 102 cm³/mol. The maximum absolute atomic E-state index is 14.7. The maximum atomic E-state index is 14.7. The Balaban J connectivity index is 2.17. The first-order chi connectivity index (χ1) is 11.6. The largest absolute Gasteiger partial charge is 0.368 e. The lowest BCUT2D eigenvalue weighted by Crippen LogP contribution is -2.27. The number of benzene rings is 1. The van der Waals surface area contributed by atoms with Crippen molar-refractivity contribution in [1.29, 1.82) is 0 Å². The van der Waals surface area contributed by atoms with Crippen LogP contribution in [0.5, 0.6) is 0 Å². The summed E-state index contributed by atoms with van der Waals surface area (Å²) in [5.74, 6) is 1.05. The topological polar surface area (TPSA) is 49.8 Å². The molecule has 3 rings (SSSR count). The number of hydrogen-bond donors (Lipinski definition) is 2. The maximum Gasteiger partial charge on any atom is 0.189 e. The Morgan fingerprint density at radius 3 is 2.96 bits per heavy atom. The van der Waals surface area contributed by atoms with E-state index in [-0.39, 0.29) is 5.82 Å². The number of hydrogen-bond acceptors (Lipinski definition) is 5. The molecule has 1 atom stereocenters. The summed E-state index contributed by atoms with van der Waals surface area (Å²) in [6.07, 6.45) is 5.01. The second-order valence-corrected chi connectivity index (χ2v) is 7.69. The van der Waals surface area contributed by atoms with Crippen molar-refractivity contribution in [1.82, 2.24) is 15.3 Å². The van der Waals surface area contributed by atoms with Gasteiger partial charge in [0.2, 0.25) is 0 Å². The quantitative estimate of drug-likeness (QED) is 0.570. The molecular weight excluding hydrogens is 391 g/mol. The normalized spacial score (nSPS) is 18.9. The molecule has 0 amide bonds. The van der Waals surface area contributed by atoms with Gasteiger partial charge in [-0.3, -0.25) is 0 Å². The van der Waals surface area contributed by atoms with Crippen LogP contribution in [0.4, 0.5) is 10.2 Å². The van der Waals surface area contributed by atoms with E-state index >= 15 is 0 Å². The molecule has 0 aliphatic carbocycles. The van der Waals surface area contributed by atoms with Crippen LogP contribution in [0, 0.1) is 11.7 Å². The molecule has 2 N–H and O–H groups in total. The van der Waals surface area contributed by atoms with Crippen molar-refractivity contribution in [3.05, 3.63) is 21.9 Å². The van der Waals surface area contributed by atoms with Gasteiger partial charge in [0.1, 0.15) is 11.3 Å². The number of nitrogens with one attached hydrogen (secondary N) is 2. The summed E-state index contributed by atoms with van der Waals surface area (Å²) in [5.41, 5.74) is 1.51. The monoisotopic (exact) mass is 412 g/mol. The van der Waals surface area contributed by atoms with E-state index in [4.69, 9.17) is 0 Å². The van der Waals surface area contributed by atoms with E-state index in [1.54, 1.807) is 0 Å². The van der Waals surface area contributed by atoms with Crippen molar-refractivity contribution < 1.29 is 4.39 Å². The number of anilines is 1. The Kier molecular flexibility index (Phi) is 5.94. The summed E-state index contributed by atoms with van der Waals surface area (Å²) >= 11 is 4.78. The highest BCUT2D eigenvalue weighted by atomic mass is 79.9. The van der Waals surface area contributed by atoms with Gasteiger partial charge in [-0.15, -0.1) is 0 Å². The second kappa shape index (κ2) is 7.97. The Labute approximate surface area is 154 Å². The fraction of sp³-hybridized carbons (Fsp3) is 0.529. The van der Waals surface area contributed by atoms with Crippen LogP contribution in [0.3, 0.4) is 0 Å². The Bertz CT molecular complexity index is 740. The molecule has 1 aromatic carbocycles. The molecule has 0 spiro atoms. The van der Waals surface area contributed by atoms with Crippen molar-refractivity contribution in [2.75, 3.05) is 31.2 Å². The minimum absolute atomic E-state index is 0.311. The first-order valence-corrected chi connectivity index (χ1v) is 10.3. The molecule has 2 aromatic rings. The van der Waals surface area contributed by atoms with E-state index in [9.17, 15) is 4.39 Å². The third-order valence-corrected chi connectivity index (χ3v) is 5.66.